The second kappa shape index (κ2) is 15.9. The summed E-state index contributed by atoms with van der Waals surface area (Å²) in [5.41, 5.74) is -0.723. The molecule has 190 valence electrons. The Labute approximate surface area is 200 Å². The Morgan fingerprint density at radius 1 is 0.909 bits per heavy atom. The van der Waals surface area contributed by atoms with E-state index in [1.54, 1.807) is 6.08 Å². The van der Waals surface area contributed by atoms with E-state index in [-0.39, 0.29) is 12.8 Å². The number of carboxylic acids is 2. The monoisotopic (exact) mass is 466 g/mol. The van der Waals surface area contributed by atoms with Crippen LogP contribution in [0, 0.1) is 17.3 Å². The summed E-state index contributed by atoms with van der Waals surface area (Å²) in [6, 6.07) is 0. The van der Waals surface area contributed by atoms with Crippen molar-refractivity contribution in [3.05, 3.63) is 11.6 Å². The number of rotatable bonds is 17. The third-order valence-electron chi connectivity index (χ3n) is 7.02. The first-order chi connectivity index (χ1) is 15.8. The minimum atomic E-state index is -1.19. The van der Waals surface area contributed by atoms with E-state index in [9.17, 15) is 24.6 Å². The maximum absolute atomic E-state index is 13.1. The largest absolute Gasteiger partial charge is 0.481 e. The number of aliphatic carboxylic acids is 2. The Hall–Kier alpha value is -1.85. The first kappa shape index (κ1) is 29.2. The number of hydrogen-bond donors (Lipinski definition) is 2. The molecule has 1 rings (SSSR count). The molecular formula is C27H46O6. The molecule has 33 heavy (non-hydrogen) atoms. The molecule has 0 amide bonds. The lowest BCUT2D eigenvalue weighted by atomic mass is 9.69. The molecule has 0 spiro atoms. The third-order valence-corrected chi connectivity index (χ3v) is 7.02. The summed E-state index contributed by atoms with van der Waals surface area (Å²) in [5.74, 6) is -2.44. The summed E-state index contributed by atoms with van der Waals surface area (Å²) >= 11 is 0. The van der Waals surface area contributed by atoms with Crippen LogP contribution in [0.3, 0.4) is 0 Å². The molecule has 1 unspecified atom stereocenters. The van der Waals surface area contributed by atoms with Crippen LogP contribution < -0.4 is 0 Å². The van der Waals surface area contributed by atoms with Crippen LogP contribution in [0.5, 0.6) is 0 Å². The predicted molar refractivity (Wildman–Crippen MR) is 130 cm³/mol. The fourth-order valence-corrected chi connectivity index (χ4v) is 4.87. The molecule has 1 fully saturated rings. The molecule has 1 aliphatic carbocycles. The van der Waals surface area contributed by atoms with E-state index in [0.717, 1.165) is 64.2 Å². The minimum absolute atomic E-state index is 0.237. The van der Waals surface area contributed by atoms with E-state index in [0.29, 0.717) is 37.4 Å². The number of ether oxygens (including phenoxy) is 1. The lowest BCUT2D eigenvalue weighted by Crippen LogP contribution is -2.36. The Bertz CT molecular complexity index is 631. The quantitative estimate of drug-likeness (QED) is 0.139. The fraction of sp³-hybridized carbons (Fsp3) is 0.815. The molecule has 0 heterocycles. The van der Waals surface area contributed by atoms with E-state index in [1.165, 1.54) is 0 Å². The Kier molecular flexibility index (Phi) is 14.1. The molecule has 6 heteroatoms. The van der Waals surface area contributed by atoms with Crippen molar-refractivity contribution in [3.63, 3.8) is 0 Å². The fourth-order valence-electron chi connectivity index (χ4n) is 4.87. The number of esters is 1. The normalized spacial score (nSPS) is 22.0. The van der Waals surface area contributed by atoms with Crippen molar-refractivity contribution in [2.45, 2.75) is 117 Å². The molecule has 1 aliphatic rings. The highest BCUT2D eigenvalue weighted by Crippen LogP contribution is 2.42. The SMILES string of the molecule is CCCCCCOC(=O)C(=CC1(C(=O)O)CCC(C(=O)O)CC1)CC(CCC)CCCCC. The predicted octanol–water partition coefficient (Wildman–Crippen LogP) is 6.77. The van der Waals surface area contributed by atoms with Crippen molar-refractivity contribution in [1.82, 2.24) is 0 Å². The number of carboxylic acid groups (broad SMARTS) is 2. The maximum atomic E-state index is 13.1. The van der Waals surface area contributed by atoms with Gasteiger partial charge < -0.3 is 14.9 Å². The van der Waals surface area contributed by atoms with Gasteiger partial charge in [0.25, 0.3) is 0 Å². The van der Waals surface area contributed by atoms with E-state index >= 15 is 0 Å². The molecule has 0 saturated heterocycles. The molecule has 1 saturated carbocycles. The summed E-state index contributed by atoms with van der Waals surface area (Å²) in [6.45, 7) is 6.78. The minimum Gasteiger partial charge on any atom is -0.481 e. The highest BCUT2D eigenvalue weighted by atomic mass is 16.5. The number of hydrogen-bond acceptors (Lipinski definition) is 4. The van der Waals surface area contributed by atoms with Gasteiger partial charge in [0.05, 0.1) is 17.9 Å². The van der Waals surface area contributed by atoms with E-state index in [2.05, 4.69) is 20.8 Å². The van der Waals surface area contributed by atoms with Crippen molar-refractivity contribution >= 4 is 17.9 Å². The second-order valence-corrected chi connectivity index (χ2v) is 9.79. The first-order valence-corrected chi connectivity index (χ1v) is 13.1. The van der Waals surface area contributed by atoms with Crippen LogP contribution in [0.1, 0.15) is 117 Å². The molecule has 0 aromatic carbocycles. The Morgan fingerprint density at radius 2 is 1.55 bits per heavy atom. The van der Waals surface area contributed by atoms with Crippen molar-refractivity contribution < 1.29 is 29.3 Å². The van der Waals surface area contributed by atoms with E-state index in [4.69, 9.17) is 4.74 Å². The van der Waals surface area contributed by atoms with Gasteiger partial charge in [-0.15, -0.1) is 0 Å². The number of unbranched alkanes of at least 4 members (excludes halogenated alkanes) is 5. The Balaban J connectivity index is 3.08. The van der Waals surface area contributed by atoms with E-state index < -0.39 is 29.2 Å². The van der Waals surface area contributed by atoms with Crippen molar-refractivity contribution in [3.8, 4) is 0 Å². The maximum Gasteiger partial charge on any atom is 0.333 e. The third kappa shape index (κ3) is 10.3. The second-order valence-electron chi connectivity index (χ2n) is 9.79. The van der Waals surface area contributed by atoms with Gasteiger partial charge in [0, 0.05) is 5.57 Å². The first-order valence-electron chi connectivity index (χ1n) is 13.1. The summed E-state index contributed by atoms with van der Waals surface area (Å²) in [6.07, 6.45) is 13.7. The molecule has 0 aliphatic heterocycles. The zero-order chi connectivity index (χ0) is 24.7. The van der Waals surface area contributed by atoms with Gasteiger partial charge >= 0.3 is 17.9 Å². The van der Waals surface area contributed by atoms with Gasteiger partial charge in [-0.2, -0.15) is 0 Å². The van der Waals surface area contributed by atoms with Crippen LogP contribution in [-0.4, -0.2) is 34.7 Å². The van der Waals surface area contributed by atoms with Gasteiger partial charge in [0.1, 0.15) is 0 Å². The van der Waals surface area contributed by atoms with Gasteiger partial charge in [-0.1, -0.05) is 84.6 Å². The highest BCUT2D eigenvalue weighted by Gasteiger charge is 2.43. The van der Waals surface area contributed by atoms with Crippen molar-refractivity contribution in [1.29, 1.82) is 0 Å². The molecular weight excluding hydrogens is 420 g/mol. The van der Waals surface area contributed by atoms with Crippen LogP contribution in [-0.2, 0) is 19.1 Å². The van der Waals surface area contributed by atoms with Crippen LogP contribution >= 0.6 is 0 Å². The molecule has 0 radical (unpaired) electrons. The van der Waals surface area contributed by atoms with Crippen LogP contribution in [0.4, 0.5) is 0 Å². The van der Waals surface area contributed by atoms with Gasteiger partial charge in [0.15, 0.2) is 0 Å². The van der Waals surface area contributed by atoms with Gasteiger partial charge in [0.2, 0.25) is 0 Å². The standard InChI is InChI=1S/C27H46O6/c1-4-7-9-11-18-33-25(30)23(19-21(12-6-3)13-10-8-5-2)20-27(26(31)32)16-14-22(15-17-27)24(28)29/h20-22H,4-19H2,1-3H3,(H,28,29)(H,31,32). The molecule has 6 nitrogen and oxygen atoms in total. The molecule has 2 N–H and O–H groups in total. The summed E-state index contributed by atoms with van der Waals surface area (Å²) in [4.78, 5) is 36.8. The molecule has 0 aromatic rings. The van der Waals surface area contributed by atoms with Gasteiger partial charge in [-0.3, -0.25) is 9.59 Å². The van der Waals surface area contributed by atoms with Gasteiger partial charge in [-0.25, -0.2) is 4.79 Å². The van der Waals surface area contributed by atoms with Crippen molar-refractivity contribution in [2.75, 3.05) is 6.61 Å². The van der Waals surface area contributed by atoms with Crippen LogP contribution in [0.2, 0.25) is 0 Å². The summed E-state index contributed by atoms with van der Waals surface area (Å²) in [5, 5.41) is 19.4. The molecule has 1 atom stereocenters. The lowest BCUT2D eigenvalue weighted by Gasteiger charge is -2.34. The number of carbonyl (C=O) groups excluding carboxylic acids is 1. The average Bonchev–Trinajstić information content (AvgIpc) is 2.78. The lowest BCUT2D eigenvalue weighted by molar-refractivity contribution is -0.152. The molecule has 0 aromatic heterocycles. The number of carbonyl (C=O) groups is 3. The Morgan fingerprint density at radius 3 is 2.09 bits per heavy atom. The highest BCUT2D eigenvalue weighted by molar-refractivity contribution is 5.90. The van der Waals surface area contributed by atoms with Crippen LogP contribution in [0.15, 0.2) is 11.6 Å². The zero-order valence-corrected chi connectivity index (χ0v) is 21.1. The van der Waals surface area contributed by atoms with Gasteiger partial charge in [-0.05, 0) is 44.4 Å². The zero-order valence-electron chi connectivity index (χ0n) is 21.1. The molecule has 0 bridgehead atoms. The summed E-state index contributed by atoms with van der Waals surface area (Å²) < 4.78 is 5.59. The van der Waals surface area contributed by atoms with Crippen LogP contribution in [0.25, 0.3) is 0 Å². The summed E-state index contributed by atoms with van der Waals surface area (Å²) in [7, 11) is 0. The van der Waals surface area contributed by atoms with Crippen molar-refractivity contribution in [2.24, 2.45) is 17.3 Å². The average molecular weight is 467 g/mol. The van der Waals surface area contributed by atoms with E-state index in [1.807, 2.05) is 0 Å². The topological polar surface area (TPSA) is 101 Å². The smallest absolute Gasteiger partial charge is 0.333 e.